The molecule has 3 rings (SSSR count). The summed E-state index contributed by atoms with van der Waals surface area (Å²) in [6.07, 6.45) is 0. The zero-order chi connectivity index (χ0) is 21.3. The summed E-state index contributed by atoms with van der Waals surface area (Å²) in [7, 11) is 0. The molecular weight excluding hydrogens is 402 g/mol. The number of carbonyl (C=O) groups excluding carboxylic acids is 3. The predicted molar refractivity (Wildman–Crippen MR) is 119 cm³/mol. The number of aryl methyl sites for hydroxylation is 1. The third-order valence-corrected chi connectivity index (χ3v) is 5.37. The molecule has 0 bridgehead atoms. The molecule has 2 aromatic carbocycles. The van der Waals surface area contributed by atoms with Gasteiger partial charge in [-0.25, -0.2) is 0 Å². The Morgan fingerprint density at radius 3 is 2.13 bits per heavy atom. The molecule has 0 fully saturated rings. The standard InChI is InChI=1S/C23H27N3O3.ClH/c1-13(2)16-6-8-17(9-7-16)20(24)12-25-21(27)15(4)26-22(28)18-10-5-14(3)11-19(18)23(26)29;/h5-11,13,15,20H,12,24H2,1-4H3,(H,25,27);1H. The summed E-state index contributed by atoms with van der Waals surface area (Å²) in [5.74, 6) is -0.860. The third-order valence-electron chi connectivity index (χ3n) is 5.37. The fraction of sp³-hybridized carbons (Fsp3) is 0.348. The van der Waals surface area contributed by atoms with Gasteiger partial charge < -0.3 is 11.1 Å². The molecule has 0 spiro atoms. The van der Waals surface area contributed by atoms with Crippen LogP contribution in [0.3, 0.4) is 0 Å². The second kappa shape index (κ2) is 9.41. The number of hydrogen-bond acceptors (Lipinski definition) is 4. The maximum atomic E-state index is 12.7. The van der Waals surface area contributed by atoms with Crippen molar-refractivity contribution < 1.29 is 14.4 Å². The second-order valence-corrected chi connectivity index (χ2v) is 7.88. The van der Waals surface area contributed by atoms with E-state index in [9.17, 15) is 14.4 Å². The Labute approximate surface area is 183 Å². The van der Waals surface area contributed by atoms with Crippen molar-refractivity contribution in [2.24, 2.45) is 5.73 Å². The highest BCUT2D eigenvalue weighted by molar-refractivity contribution is 6.22. The monoisotopic (exact) mass is 429 g/mol. The average Bonchev–Trinajstić information content (AvgIpc) is 2.95. The Bertz CT molecular complexity index is 957. The zero-order valence-corrected chi connectivity index (χ0v) is 18.5. The lowest BCUT2D eigenvalue weighted by Crippen LogP contribution is -2.49. The average molecular weight is 430 g/mol. The van der Waals surface area contributed by atoms with Gasteiger partial charge in [-0.2, -0.15) is 0 Å². The molecule has 3 N–H and O–H groups in total. The number of nitrogens with two attached hydrogens (primary N) is 1. The Morgan fingerprint density at radius 2 is 1.53 bits per heavy atom. The molecule has 0 radical (unpaired) electrons. The number of rotatable bonds is 6. The van der Waals surface area contributed by atoms with Crippen molar-refractivity contribution >= 4 is 30.1 Å². The number of amides is 3. The lowest BCUT2D eigenvalue weighted by Gasteiger charge is -2.23. The van der Waals surface area contributed by atoms with Crippen molar-refractivity contribution in [3.8, 4) is 0 Å². The van der Waals surface area contributed by atoms with Crippen LogP contribution >= 0.6 is 12.4 Å². The van der Waals surface area contributed by atoms with Gasteiger partial charge in [-0.05, 0) is 43.0 Å². The van der Waals surface area contributed by atoms with Gasteiger partial charge in [0.2, 0.25) is 5.91 Å². The summed E-state index contributed by atoms with van der Waals surface area (Å²) in [5, 5.41) is 2.76. The van der Waals surface area contributed by atoms with Crippen molar-refractivity contribution in [2.75, 3.05) is 6.54 Å². The minimum Gasteiger partial charge on any atom is -0.352 e. The molecule has 2 aromatic rings. The third kappa shape index (κ3) is 4.55. The van der Waals surface area contributed by atoms with Crippen LogP contribution in [0.25, 0.3) is 0 Å². The van der Waals surface area contributed by atoms with E-state index in [4.69, 9.17) is 5.73 Å². The largest absolute Gasteiger partial charge is 0.352 e. The molecule has 0 saturated heterocycles. The number of hydrogen-bond donors (Lipinski definition) is 2. The van der Waals surface area contributed by atoms with Gasteiger partial charge in [-0.1, -0.05) is 49.7 Å². The van der Waals surface area contributed by atoms with Gasteiger partial charge in [-0.3, -0.25) is 19.3 Å². The van der Waals surface area contributed by atoms with Crippen molar-refractivity contribution in [1.29, 1.82) is 0 Å². The fourth-order valence-corrected chi connectivity index (χ4v) is 3.45. The van der Waals surface area contributed by atoms with Crippen molar-refractivity contribution in [2.45, 2.75) is 45.7 Å². The maximum Gasteiger partial charge on any atom is 0.262 e. The second-order valence-electron chi connectivity index (χ2n) is 7.88. The Hall–Kier alpha value is -2.70. The molecular formula is C23H28ClN3O3. The van der Waals surface area contributed by atoms with Crippen LogP contribution in [0.5, 0.6) is 0 Å². The van der Waals surface area contributed by atoms with Crippen LogP contribution in [0.1, 0.15) is 70.1 Å². The van der Waals surface area contributed by atoms with Gasteiger partial charge in [0.05, 0.1) is 11.1 Å². The molecule has 1 aliphatic rings. The molecule has 1 aliphatic heterocycles. The first kappa shape index (κ1) is 23.6. The van der Waals surface area contributed by atoms with E-state index < -0.39 is 23.8 Å². The molecule has 1 heterocycles. The van der Waals surface area contributed by atoms with Crippen LogP contribution in [0, 0.1) is 6.92 Å². The van der Waals surface area contributed by atoms with Gasteiger partial charge in [0.15, 0.2) is 0 Å². The molecule has 2 atom stereocenters. The summed E-state index contributed by atoms with van der Waals surface area (Å²) < 4.78 is 0. The molecule has 30 heavy (non-hydrogen) atoms. The van der Waals surface area contributed by atoms with Crippen LogP contribution in [-0.4, -0.2) is 35.2 Å². The first-order valence-electron chi connectivity index (χ1n) is 9.82. The van der Waals surface area contributed by atoms with Crippen LogP contribution in [0.15, 0.2) is 42.5 Å². The minimum absolute atomic E-state index is 0. The van der Waals surface area contributed by atoms with E-state index in [0.29, 0.717) is 17.0 Å². The molecule has 7 heteroatoms. The fourth-order valence-electron chi connectivity index (χ4n) is 3.45. The highest BCUT2D eigenvalue weighted by Gasteiger charge is 2.40. The SMILES string of the molecule is Cc1ccc2c(c1)C(=O)N(C(C)C(=O)NCC(N)c1ccc(C(C)C)cc1)C2=O.Cl. The molecule has 0 aliphatic carbocycles. The Balaban J connectivity index is 0.00000320. The van der Waals surface area contributed by atoms with Crippen molar-refractivity contribution in [3.63, 3.8) is 0 Å². The van der Waals surface area contributed by atoms with E-state index in [-0.39, 0.29) is 25.0 Å². The van der Waals surface area contributed by atoms with Gasteiger partial charge >= 0.3 is 0 Å². The summed E-state index contributed by atoms with van der Waals surface area (Å²) >= 11 is 0. The maximum absolute atomic E-state index is 12.7. The van der Waals surface area contributed by atoms with E-state index in [0.717, 1.165) is 16.0 Å². The summed E-state index contributed by atoms with van der Waals surface area (Å²) in [6.45, 7) is 7.86. The van der Waals surface area contributed by atoms with Crippen molar-refractivity contribution in [3.05, 3.63) is 70.3 Å². The van der Waals surface area contributed by atoms with Gasteiger partial charge in [0, 0.05) is 12.6 Å². The first-order chi connectivity index (χ1) is 13.7. The van der Waals surface area contributed by atoms with Crippen LogP contribution < -0.4 is 11.1 Å². The number of nitrogens with zero attached hydrogens (tertiary/aromatic N) is 1. The van der Waals surface area contributed by atoms with Gasteiger partial charge in [0.25, 0.3) is 11.8 Å². The lowest BCUT2D eigenvalue weighted by molar-refractivity contribution is -0.124. The predicted octanol–water partition coefficient (Wildman–Crippen LogP) is 3.34. The first-order valence-corrected chi connectivity index (χ1v) is 9.82. The summed E-state index contributed by atoms with van der Waals surface area (Å²) in [6, 6.07) is 11.8. The molecule has 3 amide bonds. The van der Waals surface area contributed by atoms with Crippen LogP contribution in [-0.2, 0) is 4.79 Å². The van der Waals surface area contributed by atoms with Gasteiger partial charge in [0.1, 0.15) is 6.04 Å². The highest BCUT2D eigenvalue weighted by atomic mass is 35.5. The Kier molecular flexibility index (Phi) is 7.39. The van der Waals surface area contributed by atoms with E-state index in [1.807, 2.05) is 31.2 Å². The number of nitrogens with one attached hydrogen (secondary N) is 1. The molecule has 2 unspecified atom stereocenters. The summed E-state index contributed by atoms with van der Waals surface area (Å²) in [4.78, 5) is 38.9. The number of fused-ring (bicyclic) bond motifs is 1. The quantitative estimate of drug-likeness (QED) is 0.689. The van der Waals surface area contributed by atoms with E-state index >= 15 is 0 Å². The molecule has 160 valence electrons. The number of halogens is 1. The smallest absolute Gasteiger partial charge is 0.262 e. The highest BCUT2D eigenvalue weighted by Crippen LogP contribution is 2.26. The topological polar surface area (TPSA) is 92.5 Å². The van der Waals surface area contributed by atoms with Crippen LogP contribution in [0.2, 0.25) is 0 Å². The van der Waals surface area contributed by atoms with E-state index in [1.54, 1.807) is 25.1 Å². The van der Waals surface area contributed by atoms with Crippen molar-refractivity contribution in [1.82, 2.24) is 10.2 Å². The summed E-state index contributed by atoms with van der Waals surface area (Å²) in [5.41, 5.74) is 9.90. The molecule has 0 aromatic heterocycles. The van der Waals surface area contributed by atoms with E-state index in [1.165, 1.54) is 5.56 Å². The molecule has 0 saturated carbocycles. The van der Waals surface area contributed by atoms with Gasteiger partial charge in [-0.15, -0.1) is 12.4 Å². The number of benzene rings is 2. The van der Waals surface area contributed by atoms with E-state index in [2.05, 4.69) is 19.2 Å². The number of carbonyl (C=O) groups is 3. The molecule has 6 nitrogen and oxygen atoms in total. The zero-order valence-electron chi connectivity index (χ0n) is 17.6. The Morgan fingerprint density at radius 1 is 0.967 bits per heavy atom. The van der Waals surface area contributed by atoms with Crippen LogP contribution in [0.4, 0.5) is 0 Å². The lowest BCUT2D eigenvalue weighted by atomic mass is 9.99. The number of imide groups is 1. The minimum atomic E-state index is -0.918. The normalized spacial score (nSPS) is 14.9.